The topological polar surface area (TPSA) is 24.2 Å². The number of carbonyl (C=O) groups excluding carboxylic acids is 1. The van der Waals surface area contributed by atoms with Crippen molar-refractivity contribution in [1.82, 2.24) is 4.90 Å². The highest BCUT2D eigenvalue weighted by Crippen LogP contribution is 2.18. The maximum atomic E-state index is 12.6. The molecule has 0 radical (unpaired) electrons. The number of carbonyl (C=O) groups is 1. The number of rotatable bonds is 6. The minimum Gasteiger partial charge on any atom is -0.335 e. The molecule has 1 fully saturated rings. The van der Waals surface area contributed by atoms with Gasteiger partial charge in [0.1, 0.15) is 0 Å². The molecule has 0 bridgehead atoms. The third-order valence-corrected chi connectivity index (χ3v) is 5.47. The Kier molecular flexibility index (Phi) is 6.22. The average Bonchev–Trinajstić information content (AvgIpc) is 2.83. The third kappa shape index (κ3) is 4.06. The second kappa shape index (κ2) is 7.92. The highest BCUT2D eigenvalue weighted by molar-refractivity contribution is 7.09. The molecule has 21 heavy (non-hydrogen) atoms. The molecule has 1 aliphatic rings. The number of aryl methyl sites for hydroxylation is 1. The van der Waals surface area contributed by atoms with E-state index in [0.29, 0.717) is 18.5 Å². The van der Waals surface area contributed by atoms with Gasteiger partial charge in [-0.2, -0.15) is 4.57 Å². The molecule has 1 aromatic rings. The smallest absolute Gasteiger partial charge is 0.288 e. The van der Waals surface area contributed by atoms with Crippen LogP contribution in [0.1, 0.15) is 63.4 Å². The third-order valence-electron chi connectivity index (χ3n) is 4.38. The molecule has 1 aromatic heterocycles. The SMILES string of the molecule is CCCc1sc[n+](CC(=O)N2CCCCC2C)c1CCC. The first-order chi connectivity index (χ1) is 10.2. The van der Waals surface area contributed by atoms with Crippen LogP contribution in [0.3, 0.4) is 0 Å². The Morgan fingerprint density at radius 1 is 1.33 bits per heavy atom. The van der Waals surface area contributed by atoms with Crippen LogP contribution in [0.15, 0.2) is 5.51 Å². The van der Waals surface area contributed by atoms with Crippen LogP contribution in [0.5, 0.6) is 0 Å². The summed E-state index contributed by atoms with van der Waals surface area (Å²) in [6.45, 7) is 8.09. The fraction of sp³-hybridized carbons (Fsp3) is 0.765. The van der Waals surface area contributed by atoms with E-state index in [0.717, 1.165) is 38.6 Å². The molecule has 0 aromatic carbocycles. The largest absolute Gasteiger partial charge is 0.335 e. The number of thiazole rings is 1. The Bertz CT molecular complexity index is 469. The Labute approximate surface area is 133 Å². The van der Waals surface area contributed by atoms with Crippen LogP contribution < -0.4 is 4.57 Å². The number of piperidine rings is 1. The van der Waals surface area contributed by atoms with E-state index < -0.39 is 0 Å². The molecule has 3 nitrogen and oxygen atoms in total. The van der Waals surface area contributed by atoms with Gasteiger partial charge in [0.05, 0.1) is 4.88 Å². The minimum atomic E-state index is 0.297. The summed E-state index contributed by atoms with van der Waals surface area (Å²) in [5.41, 5.74) is 3.55. The van der Waals surface area contributed by atoms with Crippen LogP contribution in [0, 0.1) is 0 Å². The first-order valence-corrected chi connectivity index (χ1v) is 9.33. The van der Waals surface area contributed by atoms with Crippen LogP contribution in [-0.2, 0) is 24.2 Å². The fourth-order valence-corrected chi connectivity index (χ4v) is 4.34. The number of aromatic nitrogens is 1. The van der Waals surface area contributed by atoms with Crippen molar-refractivity contribution in [1.29, 1.82) is 0 Å². The fourth-order valence-electron chi connectivity index (χ4n) is 3.21. The molecule has 1 atom stereocenters. The molecule has 0 saturated carbocycles. The van der Waals surface area contributed by atoms with E-state index in [1.165, 1.54) is 23.4 Å². The lowest BCUT2D eigenvalue weighted by molar-refractivity contribution is -0.688. The number of hydrogen-bond donors (Lipinski definition) is 0. The van der Waals surface area contributed by atoms with Gasteiger partial charge in [-0.05, 0) is 39.0 Å². The van der Waals surface area contributed by atoms with Gasteiger partial charge in [-0.1, -0.05) is 31.6 Å². The summed E-state index contributed by atoms with van der Waals surface area (Å²) in [5, 5.41) is 0. The molecule has 1 unspecified atom stereocenters. The van der Waals surface area contributed by atoms with Crippen molar-refractivity contribution in [3.63, 3.8) is 0 Å². The molecule has 1 amide bonds. The maximum absolute atomic E-state index is 12.6. The zero-order valence-electron chi connectivity index (χ0n) is 13.7. The Hall–Kier alpha value is -0.900. The van der Waals surface area contributed by atoms with Gasteiger partial charge >= 0.3 is 0 Å². The molecule has 0 N–H and O–H groups in total. The van der Waals surface area contributed by atoms with Gasteiger partial charge in [0.25, 0.3) is 5.91 Å². The van der Waals surface area contributed by atoms with Crippen molar-refractivity contribution in [2.45, 2.75) is 78.3 Å². The first-order valence-electron chi connectivity index (χ1n) is 8.45. The van der Waals surface area contributed by atoms with E-state index in [2.05, 4.69) is 35.7 Å². The maximum Gasteiger partial charge on any atom is 0.288 e. The molecule has 0 spiro atoms. The average molecular weight is 309 g/mol. The van der Waals surface area contributed by atoms with Crippen LogP contribution in [0.25, 0.3) is 0 Å². The zero-order chi connectivity index (χ0) is 15.2. The summed E-state index contributed by atoms with van der Waals surface area (Å²) in [7, 11) is 0. The summed E-state index contributed by atoms with van der Waals surface area (Å²) in [6, 6.07) is 0.412. The first kappa shape index (κ1) is 16.5. The van der Waals surface area contributed by atoms with E-state index in [1.54, 1.807) is 0 Å². The minimum absolute atomic E-state index is 0.297. The van der Waals surface area contributed by atoms with Gasteiger partial charge in [-0.3, -0.25) is 4.79 Å². The van der Waals surface area contributed by atoms with Gasteiger partial charge in [-0.15, -0.1) is 0 Å². The van der Waals surface area contributed by atoms with E-state index in [9.17, 15) is 4.79 Å². The number of nitrogens with zero attached hydrogens (tertiary/aromatic N) is 2. The molecule has 2 heterocycles. The molecule has 0 aliphatic carbocycles. The van der Waals surface area contributed by atoms with Crippen molar-refractivity contribution in [3.05, 3.63) is 16.1 Å². The Morgan fingerprint density at radius 3 is 2.76 bits per heavy atom. The van der Waals surface area contributed by atoms with E-state index in [4.69, 9.17) is 0 Å². The zero-order valence-corrected chi connectivity index (χ0v) is 14.5. The molecular weight excluding hydrogens is 280 g/mol. The van der Waals surface area contributed by atoms with Crippen molar-refractivity contribution >= 4 is 17.2 Å². The van der Waals surface area contributed by atoms with Gasteiger partial charge in [0.15, 0.2) is 5.69 Å². The van der Waals surface area contributed by atoms with Crippen molar-refractivity contribution < 1.29 is 9.36 Å². The monoisotopic (exact) mass is 309 g/mol. The van der Waals surface area contributed by atoms with Gasteiger partial charge in [-0.25, -0.2) is 0 Å². The van der Waals surface area contributed by atoms with Crippen molar-refractivity contribution in [2.75, 3.05) is 6.54 Å². The predicted octanol–water partition coefficient (Wildman–Crippen LogP) is 3.34. The summed E-state index contributed by atoms with van der Waals surface area (Å²) < 4.78 is 2.21. The number of hydrogen-bond acceptors (Lipinski definition) is 2. The molecule has 1 aliphatic heterocycles. The predicted molar refractivity (Wildman–Crippen MR) is 87.5 cm³/mol. The van der Waals surface area contributed by atoms with Gasteiger partial charge in [0, 0.05) is 19.0 Å². The van der Waals surface area contributed by atoms with E-state index in [1.807, 2.05) is 11.3 Å². The van der Waals surface area contributed by atoms with Crippen LogP contribution in [-0.4, -0.2) is 23.4 Å². The lowest BCUT2D eigenvalue weighted by Gasteiger charge is -2.32. The van der Waals surface area contributed by atoms with Crippen molar-refractivity contribution in [3.8, 4) is 0 Å². The quantitative estimate of drug-likeness (QED) is 0.740. The highest BCUT2D eigenvalue weighted by Gasteiger charge is 2.28. The van der Waals surface area contributed by atoms with Crippen LogP contribution in [0.4, 0.5) is 0 Å². The standard InChI is InChI=1S/C17H29N2OS/c1-4-8-15-16(9-5-2)21-13-18(15)12-17(20)19-11-7-6-10-14(19)3/h13-14H,4-12H2,1-3H3/q+1. The van der Waals surface area contributed by atoms with E-state index >= 15 is 0 Å². The second-order valence-corrected chi connectivity index (χ2v) is 7.09. The number of amides is 1. The van der Waals surface area contributed by atoms with Crippen LogP contribution >= 0.6 is 11.3 Å². The van der Waals surface area contributed by atoms with Crippen LogP contribution in [0.2, 0.25) is 0 Å². The number of likely N-dealkylation sites (tertiary alicyclic amines) is 1. The normalized spacial score (nSPS) is 19.0. The molecule has 1 saturated heterocycles. The lowest BCUT2D eigenvalue weighted by atomic mass is 10.0. The van der Waals surface area contributed by atoms with Gasteiger partial charge < -0.3 is 4.90 Å². The summed E-state index contributed by atoms with van der Waals surface area (Å²) >= 11 is 1.82. The molecule has 2 rings (SSSR count). The van der Waals surface area contributed by atoms with Gasteiger partial charge in [0.2, 0.25) is 12.1 Å². The molecular formula is C17H29N2OS+. The Morgan fingerprint density at radius 2 is 2.10 bits per heavy atom. The van der Waals surface area contributed by atoms with Crippen molar-refractivity contribution in [2.24, 2.45) is 0 Å². The second-order valence-electron chi connectivity index (χ2n) is 6.15. The van der Waals surface area contributed by atoms with E-state index in [-0.39, 0.29) is 0 Å². The highest BCUT2D eigenvalue weighted by atomic mass is 32.1. The molecule has 118 valence electrons. The molecule has 4 heteroatoms. The lowest BCUT2D eigenvalue weighted by Crippen LogP contribution is -2.50. The Balaban J connectivity index is 2.09. The summed E-state index contributed by atoms with van der Waals surface area (Å²) in [4.78, 5) is 16.2. The summed E-state index contributed by atoms with van der Waals surface area (Å²) in [6.07, 6.45) is 8.12. The summed E-state index contributed by atoms with van der Waals surface area (Å²) in [5.74, 6) is 0.297.